The lowest BCUT2D eigenvalue weighted by molar-refractivity contribution is -0.138. The van der Waals surface area contributed by atoms with Crippen molar-refractivity contribution in [3.05, 3.63) is 35.7 Å². The predicted molar refractivity (Wildman–Crippen MR) is 78.8 cm³/mol. The van der Waals surface area contributed by atoms with Crippen LogP contribution in [0, 0.1) is 0 Å². The number of aromatic carboxylic acids is 1. The van der Waals surface area contributed by atoms with E-state index >= 15 is 0 Å². The number of rotatable bonds is 5. The Bertz CT molecular complexity index is 808. The molecular weight excluding hydrogens is 306 g/mol. The Morgan fingerprint density at radius 2 is 2.00 bits per heavy atom. The Kier molecular flexibility index (Phi) is 4.60. The molecule has 23 heavy (non-hydrogen) atoms. The third kappa shape index (κ3) is 3.46. The number of carbonyl (C=O) groups excluding carboxylic acids is 2. The van der Waals surface area contributed by atoms with Gasteiger partial charge in [0.15, 0.2) is 5.69 Å². The van der Waals surface area contributed by atoms with Crippen molar-refractivity contribution in [1.29, 1.82) is 0 Å². The second-order valence-electron chi connectivity index (χ2n) is 4.34. The highest BCUT2D eigenvalue weighted by Crippen LogP contribution is 2.22. The van der Waals surface area contributed by atoms with E-state index in [0.717, 1.165) is 13.2 Å². The number of carboxylic acid groups (broad SMARTS) is 1. The SMILES string of the molecule is COC(=O)/C=C(/Nc1ccc2[nH]nc(C(=O)O)c2c1)C(=O)OC. The van der Waals surface area contributed by atoms with E-state index in [0.29, 0.717) is 16.6 Å². The Morgan fingerprint density at radius 1 is 1.26 bits per heavy atom. The molecule has 1 heterocycles. The van der Waals surface area contributed by atoms with Gasteiger partial charge in [0.2, 0.25) is 0 Å². The summed E-state index contributed by atoms with van der Waals surface area (Å²) in [5.74, 6) is -2.71. The number of nitrogens with zero attached hydrogens (tertiary/aromatic N) is 1. The van der Waals surface area contributed by atoms with Crippen LogP contribution in [0.4, 0.5) is 5.69 Å². The molecule has 1 aromatic carbocycles. The zero-order valence-electron chi connectivity index (χ0n) is 12.2. The smallest absolute Gasteiger partial charge is 0.357 e. The standard InChI is InChI=1S/C14H13N3O6/c1-22-11(18)6-10(14(21)23-2)15-7-3-4-9-8(5-7)12(13(19)20)17-16-9/h3-6,15H,1-2H3,(H,16,17)(H,19,20)/b10-6+. The number of benzene rings is 1. The summed E-state index contributed by atoms with van der Waals surface area (Å²) in [7, 11) is 2.33. The third-order valence-electron chi connectivity index (χ3n) is 2.91. The second kappa shape index (κ2) is 6.60. The molecule has 0 amide bonds. The van der Waals surface area contributed by atoms with Crippen molar-refractivity contribution >= 4 is 34.5 Å². The van der Waals surface area contributed by atoms with Crippen molar-refractivity contribution < 1.29 is 29.0 Å². The molecule has 120 valence electrons. The van der Waals surface area contributed by atoms with Gasteiger partial charge in [-0.25, -0.2) is 14.4 Å². The molecule has 0 saturated heterocycles. The van der Waals surface area contributed by atoms with Gasteiger partial charge in [-0.2, -0.15) is 5.10 Å². The number of methoxy groups -OCH3 is 2. The summed E-state index contributed by atoms with van der Waals surface area (Å²) < 4.78 is 9.04. The lowest BCUT2D eigenvalue weighted by atomic mass is 10.2. The van der Waals surface area contributed by atoms with Gasteiger partial charge < -0.3 is 19.9 Å². The van der Waals surface area contributed by atoms with Crippen LogP contribution in [0.25, 0.3) is 10.9 Å². The van der Waals surface area contributed by atoms with E-state index in [1.165, 1.54) is 13.2 Å². The average Bonchev–Trinajstić information content (AvgIpc) is 2.96. The van der Waals surface area contributed by atoms with Crippen LogP contribution in [0.15, 0.2) is 30.0 Å². The van der Waals surface area contributed by atoms with Gasteiger partial charge in [0.05, 0.1) is 25.8 Å². The first-order chi connectivity index (χ1) is 11.0. The van der Waals surface area contributed by atoms with Crippen LogP contribution in [0.1, 0.15) is 10.5 Å². The number of fused-ring (bicyclic) bond motifs is 1. The number of carboxylic acids is 1. The van der Waals surface area contributed by atoms with Crippen molar-refractivity contribution in [2.45, 2.75) is 0 Å². The largest absolute Gasteiger partial charge is 0.476 e. The highest BCUT2D eigenvalue weighted by molar-refractivity contribution is 6.03. The van der Waals surface area contributed by atoms with Gasteiger partial charge in [0, 0.05) is 11.1 Å². The fourth-order valence-electron chi connectivity index (χ4n) is 1.84. The minimum absolute atomic E-state index is 0.153. The maximum atomic E-state index is 11.7. The van der Waals surface area contributed by atoms with E-state index in [1.807, 2.05) is 0 Å². The third-order valence-corrected chi connectivity index (χ3v) is 2.91. The fraction of sp³-hybridized carbons (Fsp3) is 0.143. The Morgan fingerprint density at radius 3 is 2.61 bits per heavy atom. The van der Waals surface area contributed by atoms with Crippen LogP contribution in [-0.2, 0) is 19.1 Å². The van der Waals surface area contributed by atoms with Gasteiger partial charge >= 0.3 is 17.9 Å². The Labute approximate surface area is 129 Å². The molecule has 0 fully saturated rings. The van der Waals surface area contributed by atoms with E-state index < -0.39 is 17.9 Å². The van der Waals surface area contributed by atoms with E-state index in [2.05, 4.69) is 25.0 Å². The van der Waals surface area contributed by atoms with Crippen LogP contribution >= 0.6 is 0 Å². The molecule has 9 heteroatoms. The number of hydrogen-bond donors (Lipinski definition) is 3. The highest BCUT2D eigenvalue weighted by atomic mass is 16.5. The molecule has 0 bridgehead atoms. The number of anilines is 1. The summed E-state index contributed by atoms with van der Waals surface area (Å²) in [6.07, 6.45) is 0.934. The minimum Gasteiger partial charge on any atom is -0.476 e. The first-order valence-corrected chi connectivity index (χ1v) is 6.32. The molecule has 0 aliphatic carbocycles. The second-order valence-corrected chi connectivity index (χ2v) is 4.34. The van der Waals surface area contributed by atoms with E-state index in [9.17, 15) is 14.4 Å². The number of aromatic amines is 1. The Balaban J connectivity index is 2.40. The van der Waals surface area contributed by atoms with Crippen LogP contribution in [0.5, 0.6) is 0 Å². The molecule has 2 aromatic rings. The van der Waals surface area contributed by atoms with Gasteiger partial charge in [-0.3, -0.25) is 5.10 Å². The summed E-state index contributed by atoms with van der Waals surface area (Å²) in [5, 5.41) is 18.4. The summed E-state index contributed by atoms with van der Waals surface area (Å²) in [4.78, 5) is 34.1. The predicted octanol–water partition coefficient (Wildman–Crippen LogP) is 0.903. The molecule has 0 saturated carbocycles. The van der Waals surface area contributed by atoms with E-state index in [4.69, 9.17) is 5.11 Å². The molecule has 2 rings (SSSR count). The maximum Gasteiger partial charge on any atom is 0.357 e. The number of esters is 2. The van der Waals surface area contributed by atoms with Crippen LogP contribution in [0.2, 0.25) is 0 Å². The number of H-pyrrole nitrogens is 1. The molecule has 9 nitrogen and oxygen atoms in total. The zero-order chi connectivity index (χ0) is 17.0. The molecule has 0 aliphatic heterocycles. The lowest BCUT2D eigenvalue weighted by Crippen LogP contribution is -2.15. The van der Waals surface area contributed by atoms with Crippen LogP contribution < -0.4 is 5.32 Å². The summed E-state index contributed by atoms with van der Waals surface area (Å²) >= 11 is 0. The summed E-state index contributed by atoms with van der Waals surface area (Å²) in [6.45, 7) is 0. The van der Waals surface area contributed by atoms with Crippen molar-refractivity contribution in [2.24, 2.45) is 0 Å². The fourth-order valence-corrected chi connectivity index (χ4v) is 1.84. The van der Waals surface area contributed by atoms with E-state index in [-0.39, 0.29) is 11.4 Å². The van der Waals surface area contributed by atoms with Crippen LogP contribution in [-0.4, -0.2) is 47.4 Å². The van der Waals surface area contributed by atoms with Crippen molar-refractivity contribution in [2.75, 3.05) is 19.5 Å². The number of carbonyl (C=O) groups is 3. The van der Waals surface area contributed by atoms with Gasteiger partial charge in [-0.15, -0.1) is 0 Å². The summed E-state index contributed by atoms with van der Waals surface area (Å²) in [5.41, 5.74) is 0.589. The number of hydrogen-bond acceptors (Lipinski definition) is 7. The van der Waals surface area contributed by atoms with Crippen molar-refractivity contribution in [1.82, 2.24) is 10.2 Å². The van der Waals surface area contributed by atoms with Gasteiger partial charge in [-0.05, 0) is 18.2 Å². The first kappa shape index (κ1) is 16.0. The molecule has 0 radical (unpaired) electrons. The Hall–Kier alpha value is -3.36. The normalized spacial score (nSPS) is 11.1. The van der Waals surface area contributed by atoms with Gasteiger partial charge in [-0.1, -0.05) is 0 Å². The lowest BCUT2D eigenvalue weighted by Gasteiger charge is -2.09. The number of nitrogens with one attached hydrogen (secondary N) is 2. The molecule has 0 aliphatic rings. The highest BCUT2D eigenvalue weighted by Gasteiger charge is 2.16. The molecule has 3 N–H and O–H groups in total. The van der Waals surface area contributed by atoms with Crippen molar-refractivity contribution in [3.63, 3.8) is 0 Å². The molecular formula is C14H13N3O6. The molecule has 0 unspecified atom stereocenters. The molecule has 0 atom stereocenters. The summed E-state index contributed by atoms with van der Waals surface area (Å²) in [6, 6.07) is 4.65. The minimum atomic E-state index is -1.19. The quantitative estimate of drug-likeness (QED) is 0.547. The molecule has 1 aromatic heterocycles. The average molecular weight is 319 g/mol. The molecule has 0 spiro atoms. The van der Waals surface area contributed by atoms with E-state index in [1.54, 1.807) is 12.1 Å². The topological polar surface area (TPSA) is 131 Å². The van der Waals surface area contributed by atoms with Gasteiger partial charge in [0.1, 0.15) is 5.70 Å². The number of ether oxygens (including phenoxy) is 2. The number of aromatic nitrogens is 2. The van der Waals surface area contributed by atoms with Crippen molar-refractivity contribution in [3.8, 4) is 0 Å². The van der Waals surface area contributed by atoms with Gasteiger partial charge in [0.25, 0.3) is 0 Å². The maximum absolute atomic E-state index is 11.7. The van der Waals surface area contributed by atoms with Crippen LogP contribution in [0.3, 0.4) is 0 Å². The zero-order valence-corrected chi connectivity index (χ0v) is 12.2. The monoisotopic (exact) mass is 319 g/mol. The first-order valence-electron chi connectivity index (χ1n) is 6.32.